The highest BCUT2D eigenvalue weighted by atomic mass is 16.3. The van der Waals surface area contributed by atoms with E-state index in [1.54, 1.807) is 12.1 Å². The monoisotopic (exact) mass is 356 g/mol. The molecule has 0 unspecified atom stereocenters. The lowest BCUT2D eigenvalue weighted by molar-refractivity contribution is -0.142. The van der Waals surface area contributed by atoms with Crippen LogP contribution in [-0.4, -0.2) is 39.6 Å². The van der Waals surface area contributed by atoms with Gasteiger partial charge in [-0.2, -0.15) is 4.90 Å². The van der Waals surface area contributed by atoms with Crippen LogP contribution in [0.3, 0.4) is 0 Å². The molecule has 0 spiro atoms. The highest BCUT2D eigenvalue weighted by Crippen LogP contribution is 2.16. The molecule has 7 heteroatoms. The van der Waals surface area contributed by atoms with Crippen molar-refractivity contribution in [3.05, 3.63) is 65.2 Å². The first-order chi connectivity index (χ1) is 12.4. The Morgan fingerprint density at radius 1 is 0.923 bits per heavy atom. The van der Waals surface area contributed by atoms with Crippen molar-refractivity contribution in [2.24, 2.45) is 5.73 Å². The molecule has 0 aliphatic carbocycles. The summed E-state index contributed by atoms with van der Waals surface area (Å²) in [6.45, 7) is -0.962. The summed E-state index contributed by atoms with van der Waals surface area (Å²) in [6.07, 6.45) is 0.903. The first-order valence-electron chi connectivity index (χ1n) is 8.02. The molecule has 2 rings (SSSR count). The second-order valence-electron chi connectivity index (χ2n) is 5.78. The molecule has 0 saturated carbocycles. The number of aromatic hydroxyl groups is 1. The van der Waals surface area contributed by atoms with Crippen LogP contribution in [-0.2, 0) is 22.4 Å². The molecule has 0 aromatic heterocycles. The number of hydrogen-bond donors (Lipinski definition) is 3. The zero-order valence-corrected chi connectivity index (χ0v) is 14.1. The van der Waals surface area contributed by atoms with E-state index in [0.717, 1.165) is 16.7 Å². The molecule has 0 atom stereocenters. The second-order valence-corrected chi connectivity index (χ2v) is 5.78. The topological polar surface area (TPSA) is 121 Å². The van der Waals surface area contributed by atoms with Crippen LogP contribution in [0.1, 0.15) is 23.1 Å². The van der Waals surface area contributed by atoms with E-state index in [-0.39, 0.29) is 17.1 Å². The van der Waals surface area contributed by atoms with Crippen LogP contribution in [0.5, 0.6) is 5.75 Å². The normalized spacial score (nSPS) is 10.3. The fraction of sp³-hybridized carbons (Fsp3) is 0.211. The number of hydrogen-bond acceptors (Lipinski definition) is 5. The summed E-state index contributed by atoms with van der Waals surface area (Å²) >= 11 is 0. The average molecular weight is 356 g/mol. The van der Waals surface area contributed by atoms with Gasteiger partial charge in [0.2, 0.25) is 5.91 Å². The van der Waals surface area contributed by atoms with Crippen molar-refractivity contribution in [3.63, 3.8) is 0 Å². The molecule has 2 aromatic rings. The lowest BCUT2D eigenvalue weighted by Gasteiger charge is -2.15. The fourth-order valence-electron chi connectivity index (χ4n) is 2.56. The summed E-state index contributed by atoms with van der Waals surface area (Å²) in [5, 5.41) is 18.1. The minimum atomic E-state index is -1.20. The van der Waals surface area contributed by atoms with E-state index in [1.165, 1.54) is 0 Å². The molecule has 0 aliphatic rings. The number of aliphatic hydroxyl groups is 1. The van der Waals surface area contributed by atoms with Crippen LogP contribution < -0.4 is 5.73 Å². The second kappa shape index (κ2) is 8.77. The molecule has 26 heavy (non-hydrogen) atoms. The maximum Gasteiger partial charge on any atom is 0.328 e. The largest absolute Gasteiger partial charge is 0.508 e. The zero-order valence-electron chi connectivity index (χ0n) is 14.1. The number of nitrogens with zero attached hydrogens (tertiary/aromatic N) is 1. The Labute approximate surface area is 150 Å². The summed E-state index contributed by atoms with van der Waals surface area (Å²) < 4.78 is 0. The molecular formula is C19H20N2O5. The maximum absolute atomic E-state index is 12.0. The smallest absolute Gasteiger partial charge is 0.328 e. The Bertz CT molecular complexity index is 802. The standard InChI is InChI=1S/C19H20N2O5/c20-19(26)21(18(25)12-22)17(24)9-6-13-2-1-3-15(10-13)11-14-4-7-16(23)8-5-14/h1-5,7-8,10,22-23H,6,9,11-12H2,(H2,20,26). The van der Waals surface area contributed by atoms with Gasteiger partial charge in [-0.15, -0.1) is 0 Å². The molecule has 0 fully saturated rings. The number of amides is 4. The number of aryl methyl sites for hydroxylation is 1. The molecule has 2 aromatic carbocycles. The first-order valence-corrected chi connectivity index (χ1v) is 8.02. The summed E-state index contributed by atoms with van der Waals surface area (Å²) in [5.41, 5.74) is 7.95. The Morgan fingerprint density at radius 2 is 1.58 bits per heavy atom. The van der Waals surface area contributed by atoms with Gasteiger partial charge in [-0.25, -0.2) is 4.79 Å². The molecule has 0 aliphatic heterocycles. The summed E-state index contributed by atoms with van der Waals surface area (Å²) in [6, 6.07) is 13.3. The van der Waals surface area contributed by atoms with Crippen LogP contribution in [0.25, 0.3) is 0 Å². The van der Waals surface area contributed by atoms with E-state index < -0.39 is 24.5 Å². The van der Waals surface area contributed by atoms with Gasteiger partial charge in [0.15, 0.2) is 0 Å². The van der Waals surface area contributed by atoms with Gasteiger partial charge >= 0.3 is 6.03 Å². The maximum atomic E-state index is 12.0. The number of carbonyl (C=O) groups is 3. The van der Waals surface area contributed by atoms with Crippen molar-refractivity contribution in [2.45, 2.75) is 19.3 Å². The van der Waals surface area contributed by atoms with Crippen LogP contribution >= 0.6 is 0 Å². The minimum Gasteiger partial charge on any atom is -0.508 e. The quantitative estimate of drug-likeness (QED) is 0.721. The number of phenols is 1. The minimum absolute atomic E-state index is 0.0860. The molecular weight excluding hydrogens is 336 g/mol. The van der Waals surface area contributed by atoms with Crippen molar-refractivity contribution in [2.75, 3.05) is 6.61 Å². The SMILES string of the molecule is NC(=O)N(C(=O)CO)C(=O)CCc1cccc(Cc2ccc(O)cc2)c1. The number of aliphatic hydroxyl groups excluding tert-OH is 1. The summed E-state index contributed by atoms with van der Waals surface area (Å²) in [5.74, 6) is -1.58. The zero-order chi connectivity index (χ0) is 19.1. The van der Waals surface area contributed by atoms with E-state index in [4.69, 9.17) is 10.8 Å². The molecule has 0 radical (unpaired) electrons. The molecule has 0 saturated heterocycles. The highest BCUT2D eigenvalue weighted by molar-refractivity contribution is 6.10. The Morgan fingerprint density at radius 3 is 2.19 bits per heavy atom. The van der Waals surface area contributed by atoms with Crippen LogP contribution in [0.4, 0.5) is 4.79 Å². The number of primary amides is 1. The number of benzene rings is 2. The number of nitrogens with two attached hydrogens (primary N) is 1. The highest BCUT2D eigenvalue weighted by Gasteiger charge is 2.25. The van der Waals surface area contributed by atoms with Gasteiger partial charge in [0.1, 0.15) is 12.4 Å². The molecule has 0 bridgehead atoms. The molecule has 0 heterocycles. The van der Waals surface area contributed by atoms with Gasteiger partial charge in [-0.1, -0.05) is 36.4 Å². The summed E-state index contributed by atoms with van der Waals surface area (Å²) in [4.78, 5) is 34.9. The van der Waals surface area contributed by atoms with Crippen LogP contribution in [0.2, 0.25) is 0 Å². The fourth-order valence-corrected chi connectivity index (χ4v) is 2.56. The van der Waals surface area contributed by atoms with Crippen molar-refractivity contribution in [3.8, 4) is 5.75 Å². The lowest BCUT2D eigenvalue weighted by atomic mass is 10.0. The number of imide groups is 3. The van der Waals surface area contributed by atoms with Gasteiger partial charge < -0.3 is 15.9 Å². The third kappa shape index (κ3) is 5.15. The van der Waals surface area contributed by atoms with E-state index >= 15 is 0 Å². The Kier molecular flexibility index (Phi) is 6.46. The molecule has 7 nitrogen and oxygen atoms in total. The van der Waals surface area contributed by atoms with Crippen LogP contribution in [0, 0.1) is 0 Å². The molecule has 4 N–H and O–H groups in total. The Hall–Kier alpha value is -3.19. The molecule has 136 valence electrons. The Balaban J connectivity index is 2.01. The predicted octanol–water partition coefficient (Wildman–Crippen LogP) is 1.34. The van der Waals surface area contributed by atoms with Gasteiger partial charge in [-0.3, -0.25) is 9.59 Å². The van der Waals surface area contributed by atoms with E-state index in [1.807, 2.05) is 36.4 Å². The number of rotatable bonds is 6. The van der Waals surface area contributed by atoms with Gasteiger partial charge in [0.05, 0.1) is 0 Å². The third-order valence-electron chi connectivity index (χ3n) is 3.82. The van der Waals surface area contributed by atoms with Gasteiger partial charge in [0.25, 0.3) is 5.91 Å². The van der Waals surface area contributed by atoms with Gasteiger partial charge in [0, 0.05) is 6.42 Å². The van der Waals surface area contributed by atoms with Crippen LogP contribution in [0.15, 0.2) is 48.5 Å². The number of carbonyl (C=O) groups excluding carboxylic acids is 3. The van der Waals surface area contributed by atoms with Crippen molar-refractivity contribution in [1.82, 2.24) is 4.90 Å². The molecule has 4 amide bonds. The van der Waals surface area contributed by atoms with Crippen molar-refractivity contribution in [1.29, 1.82) is 0 Å². The average Bonchev–Trinajstić information content (AvgIpc) is 2.62. The van der Waals surface area contributed by atoms with E-state index in [9.17, 15) is 19.5 Å². The third-order valence-corrected chi connectivity index (χ3v) is 3.82. The predicted molar refractivity (Wildman–Crippen MR) is 94.2 cm³/mol. The van der Waals surface area contributed by atoms with Crippen molar-refractivity contribution >= 4 is 17.8 Å². The first kappa shape index (κ1) is 19.1. The number of urea groups is 1. The van der Waals surface area contributed by atoms with E-state index in [0.29, 0.717) is 12.8 Å². The van der Waals surface area contributed by atoms with Gasteiger partial charge in [-0.05, 0) is 41.7 Å². The lowest BCUT2D eigenvalue weighted by Crippen LogP contribution is -2.46. The van der Waals surface area contributed by atoms with Crippen molar-refractivity contribution < 1.29 is 24.6 Å². The number of phenolic OH excluding ortho intramolecular Hbond substituents is 1. The van der Waals surface area contributed by atoms with E-state index in [2.05, 4.69) is 0 Å². The summed E-state index contributed by atoms with van der Waals surface area (Å²) in [7, 11) is 0.